The number of ether oxygens (including phenoxy) is 1. The Morgan fingerprint density at radius 3 is 3.00 bits per heavy atom. The summed E-state index contributed by atoms with van der Waals surface area (Å²) in [6.45, 7) is 0. The number of carbonyl (C=O) groups is 1. The van der Waals surface area contributed by atoms with Gasteiger partial charge in [-0.05, 0) is 18.9 Å². The molecule has 114 valence electrons. The van der Waals surface area contributed by atoms with Crippen LogP contribution in [0.1, 0.15) is 24.8 Å². The van der Waals surface area contributed by atoms with Gasteiger partial charge in [0.1, 0.15) is 5.82 Å². The number of rotatable bonds is 4. The average Bonchev–Trinajstić information content (AvgIpc) is 2.95. The van der Waals surface area contributed by atoms with E-state index in [1.54, 1.807) is 6.07 Å². The molecule has 1 aliphatic carbocycles. The number of amidine groups is 1. The van der Waals surface area contributed by atoms with Crippen molar-refractivity contribution in [2.24, 2.45) is 16.8 Å². The number of aromatic nitrogens is 1. The highest BCUT2D eigenvalue weighted by atomic mass is 35.5. The molecule has 1 fully saturated rings. The minimum atomic E-state index is -0.227. The molecule has 2 atom stereocenters. The van der Waals surface area contributed by atoms with Gasteiger partial charge in [-0.1, -0.05) is 23.2 Å². The molecule has 7 nitrogen and oxygen atoms in total. The van der Waals surface area contributed by atoms with Crippen molar-refractivity contribution in [2.45, 2.75) is 25.3 Å². The van der Waals surface area contributed by atoms with Crippen LogP contribution in [0, 0.1) is 5.92 Å². The molecule has 21 heavy (non-hydrogen) atoms. The zero-order valence-corrected chi connectivity index (χ0v) is 12.3. The summed E-state index contributed by atoms with van der Waals surface area (Å²) in [5.41, 5.74) is 5.90. The van der Waals surface area contributed by atoms with E-state index in [-0.39, 0.29) is 23.8 Å². The van der Waals surface area contributed by atoms with Crippen molar-refractivity contribution in [3.8, 4) is 0 Å². The third-order valence-corrected chi connectivity index (χ3v) is 3.87. The Morgan fingerprint density at radius 1 is 1.62 bits per heavy atom. The first-order valence-corrected chi connectivity index (χ1v) is 6.92. The van der Waals surface area contributed by atoms with E-state index in [4.69, 9.17) is 27.3 Å². The van der Waals surface area contributed by atoms with Crippen LogP contribution in [0.15, 0.2) is 17.4 Å². The summed E-state index contributed by atoms with van der Waals surface area (Å²) in [7, 11) is 1.38. The second-order valence-electron chi connectivity index (χ2n) is 4.85. The van der Waals surface area contributed by atoms with Crippen molar-refractivity contribution in [2.75, 3.05) is 12.4 Å². The number of hydrogen-bond acceptors (Lipinski definition) is 6. The van der Waals surface area contributed by atoms with E-state index in [1.165, 1.54) is 13.3 Å². The summed E-state index contributed by atoms with van der Waals surface area (Å²) in [5.74, 6) is -0.0257. The van der Waals surface area contributed by atoms with Gasteiger partial charge in [-0.25, -0.2) is 4.98 Å². The molecule has 1 aliphatic rings. The Labute approximate surface area is 127 Å². The largest absolute Gasteiger partial charge is 0.469 e. The topological polar surface area (TPSA) is 110 Å². The minimum Gasteiger partial charge on any atom is -0.469 e. The molecule has 0 radical (unpaired) electrons. The van der Waals surface area contributed by atoms with Crippen molar-refractivity contribution in [1.29, 1.82) is 0 Å². The molecule has 1 aromatic heterocycles. The van der Waals surface area contributed by atoms with Gasteiger partial charge in [0, 0.05) is 17.8 Å². The number of halogens is 1. The normalized spacial score (nSPS) is 22.1. The van der Waals surface area contributed by atoms with Crippen molar-refractivity contribution < 1.29 is 14.7 Å². The lowest BCUT2D eigenvalue weighted by molar-refractivity contribution is -0.145. The zero-order chi connectivity index (χ0) is 15.4. The van der Waals surface area contributed by atoms with Crippen molar-refractivity contribution >= 4 is 29.2 Å². The van der Waals surface area contributed by atoms with Gasteiger partial charge in [-0.15, -0.1) is 0 Å². The zero-order valence-electron chi connectivity index (χ0n) is 11.5. The fourth-order valence-electron chi connectivity index (χ4n) is 2.48. The van der Waals surface area contributed by atoms with Crippen LogP contribution in [0.4, 0.5) is 5.82 Å². The molecular formula is C13H17ClN4O3. The number of anilines is 1. The van der Waals surface area contributed by atoms with Gasteiger partial charge >= 0.3 is 5.97 Å². The number of nitrogens with one attached hydrogen (secondary N) is 1. The van der Waals surface area contributed by atoms with Crippen LogP contribution in [0.3, 0.4) is 0 Å². The van der Waals surface area contributed by atoms with Crippen LogP contribution in [0.5, 0.6) is 0 Å². The molecule has 1 heterocycles. The number of carbonyl (C=O) groups excluding carboxylic acids is 1. The van der Waals surface area contributed by atoms with E-state index >= 15 is 0 Å². The fraction of sp³-hybridized carbons (Fsp3) is 0.462. The van der Waals surface area contributed by atoms with E-state index in [2.05, 4.69) is 15.5 Å². The van der Waals surface area contributed by atoms with Gasteiger partial charge in [0.2, 0.25) is 0 Å². The number of nitrogens with zero attached hydrogens (tertiary/aromatic N) is 2. The number of oxime groups is 1. The molecular weight excluding hydrogens is 296 g/mol. The third-order valence-electron chi connectivity index (χ3n) is 3.59. The quantitative estimate of drug-likeness (QED) is 0.256. The first-order valence-electron chi connectivity index (χ1n) is 6.54. The summed E-state index contributed by atoms with van der Waals surface area (Å²) >= 11 is 6.14. The van der Waals surface area contributed by atoms with E-state index in [1.807, 2.05) is 0 Å². The Balaban J connectivity index is 2.14. The first-order chi connectivity index (χ1) is 10.1. The molecule has 0 aromatic carbocycles. The maximum Gasteiger partial charge on any atom is 0.310 e. The van der Waals surface area contributed by atoms with Crippen molar-refractivity contribution in [1.82, 2.24) is 4.98 Å². The summed E-state index contributed by atoms with van der Waals surface area (Å²) in [4.78, 5) is 15.9. The number of pyridine rings is 1. The van der Waals surface area contributed by atoms with Gasteiger partial charge < -0.3 is 21.0 Å². The van der Waals surface area contributed by atoms with Crippen LogP contribution < -0.4 is 11.1 Å². The molecule has 1 aromatic rings. The fourth-order valence-corrected chi connectivity index (χ4v) is 2.70. The lowest BCUT2D eigenvalue weighted by atomic mass is 10.0. The minimum absolute atomic E-state index is 0.0582. The summed E-state index contributed by atoms with van der Waals surface area (Å²) in [5, 5.41) is 15.0. The van der Waals surface area contributed by atoms with E-state index < -0.39 is 0 Å². The van der Waals surface area contributed by atoms with Gasteiger partial charge in [-0.3, -0.25) is 4.79 Å². The molecule has 0 saturated heterocycles. The smallest absolute Gasteiger partial charge is 0.310 e. The lowest BCUT2D eigenvalue weighted by Crippen LogP contribution is -2.31. The Hall–Kier alpha value is -2.02. The van der Waals surface area contributed by atoms with Gasteiger partial charge in [0.15, 0.2) is 5.84 Å². The molecule has 1 saturated carbocycles. The van der Waals surface area contributed by atoms with E-state index in [0.29, 0.717) is 16.4 Å². The second-order valence-corrected chi connectivity index (χ2v) is 5.26. The summed E-state index contributed by atoms with van der Waals surface area (Å²) in [6.07, 6.45) is 4.02. The first kappa shape index (κ1) is 15.4. The molecule has 2 unspecified atom stereocenters. The highest BCUT2D eigenvalue weighted by molar-refractivity contribution is 6.33. The monoisotopic (exact) mass is 312 g/mol. The van der Waals surface area contributed by atoms with Crippen LogP contribution in [0.2, 0.25) is 5.02 Å². The molecule has 0 amide bonds. The Kier molecular flexibility index (Phi) is 4.85. The van der Waals surface area contributed by atoms with Crippen molar-refractivity contribution in [3.63, 3.8) is 0 Å². The van der Waals surface area contributed by atoms with E-state index in [9.17, 15) is 4.79 Å². The number of nitrogens with two attached hydrogens (primary N) is 1. The SMILES string of the molecule is COC(=O)C1CCCC1Nc1ncc(/C(N)=N\O)cc1Cl. The van der Waals surface area contributed by atoms with Gasteiger partial charge in [0.05, 0.1) is 18.1 Å². The summed E-state index contributed by atoms with van der Waals surface area (Å²) < 4.78 is 4.81. The Bertz CT molecular complexity index is 564. The second kappa shape index (κ2) is 6.62. The molecule has 2 rings (SSSR count). The van der Waals surface area contributed by atoms with Crippen LogP contribution in [0.25, 0.3) is 0 Å². The van der Waals surface area contributed by atoms with E-state index in [0.717, 1.165) is 19.3 Å². The standard InChI is InChI=1S/C13H17ClN4O3/c1-21-13(19)8-3-2-4-10(8)17-12-9(14)5-7(6-16-12)11(15)18-20/h5-6,8,10,20H,2-4H2,1H3,(H2,15,18)(H,16,17). The highest BCUT2D eigenvalue weighted by Gasteiger charge is 2.34. The number of hydrogen-bond donors (Lipinski definition) is 3. The van der Waals surface area contributed by atoms with Crippen LogP contribution in [-0.2, 0) is 9.53 Å². The third kappa shape index (κ3) is 3.36. The maximum atomic E-state index is 11.7. The predicted molar refractivity (Wildman–Crippen MR) is 78.5 cm³/mol. The Morgan fingerprint density at radius 2 is 2.38 bits per heavy atom. The molecule has 0 spiro atoms. The van der Waals surface area contributed by atoms with Gasteiger partial charge in [-0.2, -0.15) is 0 Å². The summed E-state index contributed by atoms with van der Waals surface area (Å²) in [6, 6.07) is 1.49. The number of methoxy groups -OCH3 is 1. The average molecular weight is 313 g/mol. The number of esters is 1. The maximum absolute atomic E-state index is 11.7. The molecule has 4 N–H and O–H groups in total. The molecule has 0 bridgehead atoms. The highest BCUT2D eigenvalue weighted by Crippen LogP contribution is 2.31. The van der Waals surface area contributed by atoms with Crippen molar-refractivity contribution in [3.05, 3.63) is 22.8 Å². The molecule has 8 heteroatoms. The predicted octanol–water partition coefficient (Wildman–Crippen LogP) is 1.58. The van der Waals surface area contributed by atoms with Crippen LogP contribution in [-0.4, -0.2) is 35.1 Å². The lowest BCUT2D eigenvalue weighted by Gasteiger charge is -2.20. The van der Waals surface area contributed by atoms with Gasteiger partial charge in [0.25, 0.3) is 0 Å². The molecule has 0 aliphatic heterocycles. The van der Waals surface area contributed by atoms with Crippen LogP contribution >= 0.6 is 11.6 Å².